The molecular formula is C14H8BrF3N4O2. The summed E-state index contributed by atoms with van der Waals surface area (Å²) < 4.78 is 44.2. The second kappa shape index (κ2) is 6.48. The summed E-state index contributed by atoms with van der Waals surface area (Å²) in [5.41, 5.74) is 0.326. The van der Waals surface area contributed by atoms with E-state index in [1.165, 1.54) is 16.8 Å². The average molecular weight is 401 g/mol. The number of amides is 1. The van der Waals surface area contributed by atoms with Crippen molar-refractivity contribution in [1.29, 1.82) is 0 Å². The van der Waals surface area contributed by atoms with Crippen LogP contribution in [0.2, 0.25) is 0 Å². The lowest BCUT2D eigenvalue weighted by Gasteiger charge is -2.11. The van der Waals surface area contributed by atoms with Crippen molar-refractivity contribution in [2.45, 2.75) is 6.61 Å². The molecule has 0 aliphatic rings. The van der Waals surface area contributed by atoms with Crippen molar-refractivity contribution in [3.8, 4) is 5.75 Å². The first kappa shape index (κ1) is 16.2. The van der Waals surface area contributed by atoms with Gasteiger partial charge in [-0.25, -0.2) is 13.9 Å². The topological polar surface area (TPSA) is 68.5 Å². The summed E-state index contributed by atoms with van der Waals surface area (Å²) in [5.74, 6) is -1.93. The maximum atomic E-state index is 13.2. The monoisotopic (exact) mass is 400 g/mol. The van der Waals surface area contributed by atoms with Gasteiger partial charge in [0.25, 0.3) is 5.91 Å². The number of halogens is 4. The van der Waals surface area contributed by atoms with Gasteiger partial charge in [-0.15, -0.1) is 0 Å². The van der Waals surface area contributed by atoms with Crippen LogP contribution in [0.3, 0.4) is 0 Å². The molecule has 10 heteroatoms. The highest BCUT2D eigenvalue weighted by Gasteiger charge is 2.16. The van der Waals surface area contributed by atoms with Crippen LogP contribution >= 0.6 is 15.9 Å². The third-order valence-electron chi connectivity index (χ3n) is 2.92. The van der Waals surface area contributed by atoms with E-state index in [1.54, 1.807) is 6.20 Å². The second-order valence-electron chi connectivity index (χ2n) is 4.58. The van der Waals surface area contributed by atoms with Crippen LogP contribution in [0.4, 0.5) is 18.9 Å². The average Bonchev–Trinajstić information content (AvgIpc) is 2.92. The number of ether oxygens (including phenoxy) is 1. The zero-order valence-electron chi connectivity index (χ0n) is 11.7. The Kier molecular flexibility index (Phi) is 4.38. The highest BCUT2D eigenvalue weighted by Crippen LogP contribution is 2.27. The van der Waals surface area contributed by atoms with Crippen molar-refractivity contribution in [3.05, 3.63) is 52.6 Å². The summed E-state index contributed by atoms with van der Waals surface area (Å²) >= 11 is 3.22. The minimum absolute atomic E-state index is 0.00734. The van der Waals surface area contributed by atoms with Gasteiger partial charge in [-0.1, -0.05) is 0 Å². The Bertz CT molecular complexity index is 916. The van der Waals surface area contributed by atoms with Crippen molar-refractivity contribution in [1.82, 2.24) is 14.6 Å². The van der Waals surface area contributed by atoms with E-state index < -0.39 is 24.1 Å². The number of aromatic nitrogens is 3. The van der Waals surface area contributed by atoms with Gasteiger partial charge in [0.1, 0.15) is 5.82 Å². The van der Waals surface area contributed by atoms with Gasteiger partial charge in [-0.05, 0) is 28.1 Å². The number of carbonyl (C=O) groups excluding carboxylic acids is 1. The molecule has 1 N–H and O–H groups in total. The molecule has 0 unspecified atom stereocenters. The summed E-state index contributed by atoms with van der Waals surface area (Å²) in [6, 6.07) is 4.30. The molecule has 24 heavy (non-hydrogen) atoms. The van der Waals surface area contributed by atoms with Crippen LogP contribution in [-0.4, -0.2) is 27.1 Å². The van der Waals surface area contributed by atoms with Crippen LogP contribution in [0.1, 0.15) is 10.5 Å². The molecule has 0 atom stereocenters. The van der Waals surface area contributed by atoms with Gasteiger partial charge < -0.3 is 10.1 Å². The standard InChI is InChI=1S/C14H8BrF3N4O2/c15-7-5-19-12-4-10(21-22(12)6-7)13(23)20-9-2-1-8(16)3-11(9)24-14(17)18/h1-6,14H,(H,20,23). The highest BCUT2D eigenvalue weighted by molar-refractivity contribution is 9.10. The summed E-state index contributed by atoms with van der Waals surface area (Å²) in [6.07, 6.45) is 3.13. The zero-order chi connectivity index (χ0) is 17.3. The number of alkyl halides is 2. The Morgan fingerprint density at radius 1 is 1.33 bits per heavy atom. The number of anilines is 1. The Balaban J connectivity index is 1.88. The molecule has 2 aromatic heterocycles. The molecule has 2 heterocycles. The van der Waals surface area contributed by atoms with Gasteiger partial charge in [0.2, 0.25) is 0 Å². The number of hydrogen-bond acceptors (Lipinski definition) is 4. The molecule has 1 amide bonds. The third kappa shape index (κ3) is 3.48. The first-order chi connectivity index (χ1) is 11.4. The molecule has 124 valence electrons. The van der Waals surface area contributed by atoms with Crippen LogP contribution in [0.15, 0.2) is 41.1 Å². The summed E-state index contributed by atoms with van der Waals surface area (Å²) in [7, 11) is 0. The first-order valence-corrected chi connectivity index (χ1v) is 7.28. The smallest absolute Gasteiger partial charge is 0.387 e. The van der Waals surface area contributed by atoms with E-state index in [2.05, 4.69) is 36.1 Å². The number of nitrogens with one attached hydrogen (secondary N) is 1. The molecule has 0 aliphatic carbocycles. The molecule has 0 saturated heterocycles. The quantitative estimate of drug-likeness (QED) is 0.727. The fourth-order valence-corrected chi connectivity index (χ4v) is 2.24. The van der Waals surface area contributed by atoms with Crippen molar-refractivity contribution >= 4 is 33.2 Å². The predicted octanol–water partition coefficient (Wildman–Crippen LogP) is 3.48. The number of benzene rings is 1. The number of carbonyl (C=O) groups is 1. The fourth-order valence-electron chi connectivity index (χ4n) is 1.94. The molecule has 0 saturated carbocycles. The van der Waals surface area contributed by atoms with E-state index in [9.17, 15) is 18.0 Å². The van der Waals surface area contributed by atoms with E-state index in [-0.39, 0.29) is 11.4 Å². The van der Waals surface area contributed by atoms with Crippen LogP contribution < -0.4 is 10.1 Å². The normalized spacial score (nSPS) is 11.0. The van der Waals surface area contributed by atoms with Crippen LogP contribution in [0, 0.1) is 5.82 Å². The van der Waals surface area contributed by atoms with Gasteiger partial charge in [0.05, 0.1) is 10.2 Å². The molecular weight excluding hydrogens is 393 g/mol. The summed E-state index contributed by atoms with van der Waals surface area (Å²) in [4.78, 5) is 16.3. The largest absolute Gasteiger partial charge is 0.432 e. The molecule has 6 nitrogen and oxygen atoms in total. The fraction of sp³-hybridized carbons (Fsp3) is 0.0714. The van der Waals surface area contributed by atoms with Gasteiger partial charge in [0, 0.05) is 24.5 Å². The molecule has 0 fully saturated rings. The highest BCUT2D eigenvalue weighted by atomic mass is 79.9. The molecule has 0 spiro atoms. The van der Waals surface area contributed by atoms with Gasteiger partial charge in [-0.2, -0.15) is 13.9 Å². The van der Waals surface area contributed by atoms with Gasteiger partial charge >= 0.3 is 6.61 Å². The van der Waals surface area contributed by atoms with Crippen molar-refractivity contribution in [2.75, 3.05) is 5.32 Å². The minimum Gasteiger partial charge on any atom is -0.432 e. The van der Waals surface area contributed by atoms with Crippen LogP contribution in [0.5, 0.6) is 5.75 Å². The maximum Gasteiger partial charge on any atom is 0.387 e. The van der Waals surface area contributed by atoms with Gasteiger partial charge in [-0.3, -0.25) is 4.79 Å². The Morgan fingerprint density at radius 3 is 2.88 bits per heavy atom. The van der Waals surface area contributed by atoms with Gasteiger partial charge in [0.15, 0.2) is 17.1 Å². The summed E-state index contributed by atoms with van der Waals surface area (Å²) in [6.45, 7) is -3.15. The number of rotatable bonds is 4. The number of fused-ring (bicyclic) bond motifs is 1. The Hall–Kier alpha value is -2.62. The number of hydrogen-bond donors (Lipinski definition) is 1. The summed E-state index contributed by atoms with van der Waals surface area (Å²) in [5, 5.41) is 6.38. The molecule has 0 radical (unpaired) electrons. The molecule has 3 rings (SSSR count). The number of nitrogens with zero attached hydrogens (tertiary/aromatic N) is 3. The van der Waals surface area contributed by atoms with E-state index in [1.807, 2.05) is 0 Å². The second-order valence-corrected chi connectivity index (χ2v) is 5.49. The van der Waals surface area contributed by atoms with E-state index >= 15 is 0 Å². The molecule has 0 aliphatic heterocycles. The first-order valence-electron chi connectivity index (χ1n) is 6.49. The van der Waals surface area contributed by atoms with Crippen molar-refractivity contribution < 1.29 is 22.7 Å². The zero-order valence-corrected chi connectivity index (χ0v) is 13.3. The third-order valence-corrected chi connectivity index (χ3v) is 3.33. The van der Waals surface area contributed by atoms with Crippen molar-refractivity contribution in [3.63, 3.8) is 0 Å². The molecule has 0 bridgehead atoms. The van der Waals surface area contributed by atoms with Crippen LogP contribution in [0.25, 0.3) is 5.65 Å². The minimum atomic E-state index is -3.15. The Morgan fingerprint density at radius 2 is 2.12 bits per heavy atom. The Labute approximate surface area is 141 Å². The van der Waals surface area contributed by atoms with E-state index in [4.69, 9.17) is 0 Å². The lowest BCUT2D eigenvalue weighted by molar-refractivity contribution is -0.0495. The van der Waals surface area contributed by atoms with E-state index in [0.717, 1.165) is 18.2 Å². The van der Waals surface area contributed by atoms with Crippen molar-refractivity contribution in [2.24, 2.45) is 0 Å². The lowest BCUT2D eigenvalue weighted by atomic mass is 10.2. The van der Waals surface area contributed by atoms with Crippen LogP contribution in [-0.2, 0) is 0 Å². The molecule has 3 aromatic rings. The lowest BCUT2D eigenvalue weighted by Crippen LogP contribution is -2.14. The maximum absolute atomic E-state index is 13.2. The SMILES string of the molecule is O=C(Nc1ccc(F)cc1OC(F)F)c1cc2ncc(Br)cn2n1. The van der Waals surface area contributed by atoms with E-state index in [0.29, 0.717) is 10.1 Å². The molecule has 1 aromatic carbocycles. The predicted molar refractivity (Wildman–Crippen MR) is 81.7 cm³/mol.